The topological polar surface area (TPSA) is 52.5 Å². The third kappa shape index (κ3) is 3.56. The second kappa shape index (κ2) is 6.21. The first-order valence-electron chi connectivity index (χ1n) is 7.28. The van der Waals surface area contributed by atoms with Gasteiger partial charge in [-0.1, -0.05) is 0 Å². The molecule has 0 amide bonds. The summed E-state index contributed by atoms with van der Waals surface area (Å²) in [6.07, 6.45) is -5.34. The summed E-state index contributed by atoms with van der Waals surface area (Å²) in [7, 11) is 0. The van der Waals surface area contributed by atoms with Crippen LogP contribution in [0.3, 0.4) is 0 Å². The highest BCUT2D eigenvalue weighted by Crippen LogP contribution is 2.30. The van der Waals surface area contributed by atoms with E-state index in [1.165, 1.54) is 6.33 Å². The molecule has 3 heterocycles. The lowest BCUT2D eigenvalue weighted by molar-refractivity contribution is -0.208. The average molecular weight is 346 g/mol. The number of aryl methyl sites for hydroxylation is 1. The molecule has 2 aromatic rings. The van der Waals surface area contributed by atoms with Gasteiger partial charge in [0, 0.05) is 37.6 Å². The van der Waals surface area contributed by atoms with E-state index in [2.05, 4.69) is 14.9 Å². The lowest BCUT2D eigenvalue weighted by Crippen LogP contribution is -2.51. The minimum Gasteiger partial charge on any atom is -0.382 e. The van der Waals surface area contributed by atoms with Crippen LogP contribution in [0, 0.1) is 6.92 Å². The summed E-state index contributed by atoms with van der Waals surface area (Å²) in [6.45, 7) is 3.70. The number of hydrogen-bond acceptors (Lipinski definition) is 6. The van der Waals surface area contributed by atoms with E-state index in [1.807, 2.05) is 13.0 Å². The van der Waals surface area contributed by atoms with Crippen LogP contribution in [0.25, 0.3) is 10.2 Å². The SMILES string of the molecule is Cc1cc2c(N3CCN(CC(O)C(F)(F)F)CC3)ncnc2s1. The molecule has 1 N–H and O–H groups in total. The first-order chi connectivity index (χ1) is 10.8. The van der Waals surface area contributed by atoms with Crippen molar-refractivity contribution in [2.75, 3.05) is 37.6 Å². The number of anilines is 1. The number of piperazine rings is 1. The molecule has 1 aliphatic rings. The number of aliphatic hydroxyl groups excluding tert-OH is 1. The minimum atomic E-state index is -4.57. The smallest absolute Gasteiger partial charge is 0.382 e. The highest BCUT2D eigenvalue weighted by molar-refractivity contribution is 7.18. The third-order valence-corrected chi connectivity index (χ3v) is 4.87. The Kier molecular flexibility index (Phi) is 4.43. The summed E-state index contributed by atoms with van der Waals surface area (Å²) >= 11 is 1.60. The first kappa shape index (κ1) is 16.4. The number of aromatic nitrogens is 2. The van der Waals surface area contributed by atoms with Gasteiger partial charge in [-0.3, -0.25) is 4.90 Å². The maximum absolute atomic E-state index is 12.4. The average Bonchev–Trinajstić information content (AvgIpc) is 2.87. The minimum absolute atomic E-state index is 0.381. The molecular formula is C14H17F3N4OS. The van der Waals surface area contributed by atoms with Gasteiger partial charge in [-0.25, -0.2) is 9.97 Å². The molecule has 126 valence electrons. The molecule has 1 unspecified atom stereocenters. The zero-order chi connectivity index (χ0) is 16.6. The van der Waals surface area contributed by atoms with Crippen LogP contribution in [0.5, 0.6) is 0 Å². The van der Waals surface area contributed by atoms with Gasteiger partial charge in [0.15, 0.2) is 6.10 Å². The zero-order valence-corrected chi connectivity index (χ0v) is 13.4. The van der Waals surface area contributed by atoms with Crippen LogP contribution in [0.1, 0.15) is 4.88 Å². The maximum Gasteiger partial charge on any atom is 0.415 e. The van der Waals surface area contributed by atoms with Crippen LogP contribution in [0.4, 0.5) is 19.0 Å². The monoisotopic (exact) mass is 346 g/mol. The number of nitrogens with zero attached hydrogens (tertiary/aromatic N) is 4. The highest BCUT2D eigenvalue weighted by atomic mass is 32.1. The van der Waals surface area contributed by atoms with E-state index < -0.39 is 12.3 Å². The number of thiophene rings is 1. The van der Waals surface area contributed by atoms with Gasteiger partial charge in [0.25, 0.3) is 0 Å². The Bertz CT molecular complexity index is 682. The molecule has 1 fully saturated rings. The molecule has 0 bridgehead atoms. The van der Waals surface area contributed by atoms with Gasteiger partial charge in [0.05, 0.1) is 5.39 Å². The van der Waals surface area contributed by atoms with E-state index in [4.69, 9.17) is 5.11 Å². The second-order valence-corrected chi connectivity index (χ2v) is 6.85. The largest absolute Gasteiger partial charge is 0.415 e. The predicted molar refractivity (Wildman–Crippen MR) is 82.9 cm³/mol. The molecule has 1 atom stereocenters. The fourth-order valence-corrected chi connectivity index (χ4v) is 3.55. The second-order valence-electron chi connectivity index (χ2n) is 5.62. The lowest BCUT2D eigenvalue weighted by Gasteiger charge is -2.36. The van der Waals surface area contributed by atoms with Crippen LogP contribution in [-0.4, -0.2) is 65.0 Å². The van der Waals surface area contributed by atoms with Crippen molar-refractivity contribution in [1.29, 1.82) is 0 Å². The Morgan fingerprint density at radius 1 is 1.26 bits per heavy atom. The quantitative estimate of drug-likeness (QED) is 0.922. The Morgan fingerprint density at radius 3 is 2.61 bits per heavy atom. The molecule has 9 heteroatoms. The molecule has 1 aliphatic heterocycles. The van der Waals surface area contributed by atoms with E-state index in [1.54, 1.807) is 16.2 Å². The van der Waals surface area contributed by atoms with Crippen molar-refractivity contribution >= 4 is 27.4 Å². The van der Waals surface area contributed by atoms with Crippen molar-refractivity contribution in [3.63, 3.8) is 0 Å². The summed E-state index contributed by atoms with van der Waals surface area (Å²) in [5.74, 6) is 0.829. The molecule has 0 spiro atoms. The van der Waals surface area contributed by atoms with Gasteiger partial charge in [-0.2, -0.15) is 13.2 Å². The Morgan fingerprint density at radius 2 is 1.96 bits per heavy atom. The van der Waals surface area contributed by atoms with Crippen molar-refractivity contribution in [3.05, 3.63) is 17.3 Å². The molecule has 0 saturated carbocycles. The number of fused-ring (bicyclic) bond motifs is 1. The van der Waals surface area contributed by atoms with Gasteiger partial charge in [-0.05, 0) is 13.0 Å². The van der Waals surface area contributed by atoms with E-state index in [0.29, 0.717) is 26.2 Å². The lowest BCUT2D eigenvalue weighted by atomic mass is 10.2. The summed E-state index contributed by atoms with van der Waals surface area (Å²) in [5.41, 5.74) is 0. The Balaban J connectivity index is 1.67. The van der Waals surface area contributed by atoms with E-state index in [0.717, 1.165) is 20.9 Å². The van der Waals surface area contributed by atoms with E-state index in [-0.39, 0.29) is 6.54 Å². The normalized spacial score (nSPS) is 18.6. The zero-order valence-electron chi connectivity index (χ0n) is 12.5. The molecular weight excluding hydrogens is 329 g/mol. The van der Waals surface area contributed by atoms with E-state index in [9.17, 15) is 13.2 Å². The maximum atomic E-state index is 12.4. The molecule has 23 heavy (non-hydrogen) atoms. The fourth-order valence-electron chi connectivity index (χ4n) is 2.71. The van der Waals surface area contributed by atoms with Gasteiger partial charge in [0.1, 0.15) is 17.0 Å². The summed E-state index contributed by atoms with van der Waals surface area (Å²) in [5, 5.41) is 10.2. The van der Waals surface area contributed by atoms with Gasteiger partial charge < -0.3 is 10.0 Å². The van der Waals surface area contributed by atoms with Crippen molar-refractivity contribution in [2.45, 2.75) is 19.2 Å². The fraction of sp³-hybridized carbons (Fsp3) is 0.571. The van der Waals surface area contributed by atoms with Crippen molar-refractivity contribution in [2.24, 2.45) is 0 Å². The number of aliphatic hydroxyl groups is 1. The molecule has 2 aromatic heterocycles. The van der Waals surface area contributed by atoms with Gasteiger partial charge in [0.2, 0.25) is 0 Å². The number of hydrogen-bond donors (Lipinski definition) is 1. The van der Waals surface area contributed by atoms with Gasteiger partial charge >= 0.3 is 6.18 Å². The Hall–Kier alpha value is -1.45. The molecule has 0 aliphatic carbocycles. The number of β-amino-alcohol motifs (C(OH)–C–C–N with tert-alkyl or cyclic N) is 1. The standard InChI is InChI=1S/C14H17F3N4OS/c1-9-6-10-12(18-8-19-13(10)23-9)21-4-2-20(3-5-21)7-11(22)14(15,16)17/h6,8,11,22H,2-5,7H2,1H3. The van der Waals surface area contributed by atoms with Crippen LogP contribution >= 0.6 is 11.3 Å². The highest BCUT2D eigenvalue weighted by Gasteiger charge is 2.39. The molecule has 1 saturated heterocycles. The molecule has 5 nitrogen and oxygen atoms in total. The summed E-state index contributed by atoms with van der Waals surface area (Å²) in [4.78, 5) is 14.4. The molecule has 0 radical (unpaired) electrons. The number of alkyl halides is 3. The van der Waals surface area contributed by atoms with Crippen LogP contribution in [0.15, 0.2) is 12.4 Å². The first-order valence-corrected chi connectivity index (χ1v) is 8.09. The van der Waals surface area contributed by atoms with Crippen LogP contribution in [0.2, 0.25) is 0 Å². The predicted octanol–water partition coefficient (Wildman–Crippen LogP) is 2.04. The third-order valence-electron chi connectivity index (χ3n) is 3.91. The molecule has 0 aromatic carbocycles. The van der Waals surface area contributed by atoms with Gasteiger partial charge in [-0.15, -0.1) is 11.3 Å². The summed E-state index contributed by atoms with van der Waals surface area (Å²) < 4.78 is 37.3. The van der Waals surface area contributed by atoms with Crippen molar-refractivity contribution in [3.8, 4) is 0 Å². The number of rotatable bonds is 3. The van der Waals surface area contributed by atoms with Crippen molar-refractivity contribution < 1.29 is 18.3 Å². The molecule has 3 rings (SSSR count). The van der Waals surface area contributed by atoms with E-state index >= 15 is 0 Å². The number of halogens is 3. The Labute approximate surface area is 135 Å². The van der Waals surface area contributed by atoms with Crippen molar-refractivity contribution in [1.82, 2.24) is 14.9 Å². The van der Waals surface area contributed by atoms with Crippen LogP contribution in [-0.2, 0) is 0 Å². The van der Waals surface area contributed by atoms with Crippen LogP contribution < -0.4 is 4.90 Å². The summed E-state index contributed by atoms with van der Waals surface area (Å²) in [6, 6.07) is 2.04.